The third-order valence-electron chi connectivity index (χ3n) is 4.64. The van der Waals surface area contributed by atoms with Gasteiger partial charge in [-0.05, 0) is 12.2 Å². The second kappa shape index (κ2) is 9.09. The van der Waals surface area contributed by atoms with Gasteiger partial charge in [0.2, 0.25) is 5.79 Å². The number of allylic oxidation sites excluding steroid dienone is 2. The Labute approximate surface area is 178 Å². The van der Waals surface area contributed by atoms with E-state index in [0.717, 1.165) is 11.8 Å². The zero-order valence-corrected chi connectivity index (χ0v) is 17.3. The predicted octanol–water partition coefficient (Wildman–Crippen LogP) is 0.618. The van der Waals surface area contributed by atoms with E-state index < -0.39 is 23.6 Å². The first-order chi connectivity index (χ1) is 14.3. The van der Waals surface area contributed by atoms with Crippen molar-refractivity contribution in [2.24, 2.45) is 0 Å². The van der Waals surface area contributed by atoms with E-state index >= 15 is 0 Å². The van der Waals surface area contributed by atoms with Crippen molar-refractivity contribution in [3.8, 4) is 23.7 Å². The molecule has 8 nitrogen and oxygen atoms in total. The number of hydrogen-bond donors (Lipinski definition) is 3. The van der Waals surface area contributed by atoms with Gasteiger partial charge in [-0.15, -0.1) is 0 Å². The molecule has 3 N–H and O–H groups in total. The van der Waals surface area contributed by atoms with E-state index in [1.165, 1.54) is 26.2 Å². The van der Waals surface area contributed by atoms with Crippen molar-refractivity contribution in [2.45, 2.75) is 30.8 Å². The van der Waals surface area contributed by atoms with E-state index in [1.807, 2.05) is 0 Å². The monoisotopic (exact) mass is 431 g/mol. The predicted molar refractivity (Wildman–Crippen MR) is 109 cm³/mol. The van der Waals surface area contributed by atoms with Crippen LogP contribution in [-0.4, -0.2) is 65.0 Å². The second-order valence-electron chi connectivity index (χ2n) is 6.61. The van der Waals surface area contributed by atoms with Crippen LogP contribution in [0.1, 0.15) is 13.3 Å². The van der Waals surface area contributed by atoms with Crippen LogP contribution in [0.4, 0.5) is 4.79 Å². The maximum absolute atomic E-state index is 12.1. The minimum Gasteiger partial charge on any atom is -0.453 e. The Morgan fingerprint density at radius 1 is 1.37 bits per heavy atom. The molecule has 3 rings (SSSR count). The number of thioether (sulfide) groups is 1. The molecule has 0 saturated carbocycles. The Morgan fingerprint density at radius 2 is 2.07 bits per heavy atom. The van der Waals surface area contributed by atoms with Gasteiger partial charge in [0, 0.05) is 23.8 Å². The number of nitrogens with one attached hydrogen (secondary N) is 1. The topological polar surface area (TPSA) is 114 Å². The number of carbonyl (C=O) groups is 2. The lowest BCUT2D eigenvalue weighted by molar-refractivity contribution is -0.161. The number of ether oxygens (including phenoxy) is 3. The minimum absolute atomic E-state index is 0.0868. The molecule has 1 heterocycles. The molecule has 1 amide bonds. The van der Waals surface area contributed by atoms with Crippen LogP contribution in [0.5, 0.6) is 0 Å². The van der Waals surface area contributed by atoms with E-state index in [1.54, 1.807) is 6.08 Å². The first kappa shape index (κ1) is 22.2. The largest absolute Gasteiger partial charge is 0.453 e. The number of carbonyl (C=O) groups excluding carboxylic acids is 2. The van der Waals surface area contributed by atoms with Crippen LogP contribution < -0.4 is 5.32 Å². The maximum atomic E-state index is 12.1. The molecule has 1 fully saturated rings. The average molecular weight is 431 g/mol. The lowest BCUT2D eigenvalue weighted by Gasteiger charge is -2.44. The lowest BCUT2D eigenvalue weighted by Crippen LogP contribution is -2.54. The first-order valence-electron chi connectivity index (χ1n) is 9.12. The van der Waals surface area contributed by atoms with E-state index in [4.69, 9.17) is 14.2 Å². The average Bonchev–Trinajstić information content (AvgIpc) is 3.15. The molecular formula is C21H21NO7S. The van der Waals surface area contributed by atoms with Crippen LogP contribution in [0.15, 0.2) is 35.1 Å². The molecule has 158 valence electrons. The molecule has 0 aromatic heterocycles. The number of fused-ring (bicyclic) bond motifs is 2. The molecule has 9 heteroatoms. The fourth-order valence-corrected chi connectivity index (χ4v) is 3.94. The van der Waals surface area contributed by atoms with Crippen LogP contribution in [0.25, 0.3) is 0 Å². The van der Waals surface area contributed by atoms with Gasteiger partial charge >= 0.3 is 6.09 Å². The fraction of sp³-hybridized carbons (Fsp3) is 0.429. The molecule has 30 heavy (non-hydrogen) atoms. The Hall–Kier alpha value is -2.53. The molecule has 1 spiro atoms. The summed E-state index contributed by atoms with van der Waals surface area (Å²) in [5.41, 5.74) is -1.39. The van der Waals surface area contributed by atoms with Gasteiger partial charge in [-0.2, -0.15) is 0 Å². The smallest absolute Gasteiger partial charge is 0.411 e. The van der Waals surface area contributed by atoms with Crippen LogP contribution >= 0.6 is 11.8 Å². The number of methoxy groups -OCH3 is 1. The number of aliphatic hydroxyl groups is 2. The summed E-state index contributed by atoms with van der Waals surface area (Å²) in [7, 11) is 1.20. The van der Waals surface area contributed by atoms with Crippen molar-refractivity contribution in [1.29, 1.82) is 0 Å². The normalized spacial score (nSPS) is 28.8. The molecule has 1 saturated heterocycles. The van der Waals surface area contributed by atoms with Crippen molar-refractivity contribution in [3.05, 3.63) is 35.1 Å². The third kappa shape index (κ3) is 4.46. The van der Waals surface area contributed by atoms with E-state index in [9.17, 15) is 19.8 Å². The first-order valence-corrected chi connectivity index (χ1v) is 10.1. The summed E-state index contributed by atoms with van der Waals surface area (Å²) in [6, 6.07) is 0. The van der Waals surface area contributed by atoms with Gasteiger partial charge in [0.25, 0.3) is 0 Å². The summed E-state index contributed by atoms with van der Waals surface area (Å²) in [5.74, 6) is 9.51. The van der Waals surface area contributed by atoms with Crippen molar-refractivity contribution in [2.75, 3.05) is 26.1 Å². The summed E-state index contributed by atoms with van der Waals surface area (Å²) in [6.45, 7) is 1.85. The minimum atomic E-state index is -1.79. The van der Waals surface area contributed by atoms with Crippen LogP contribution in [0.2, 0.25) is 0 Å². The van der Waals surface area contributed by atoms with Crippen molar-refractivity contribution >= 4 is 23.0 Å². The Kier molecular flexibility index (Phi) is 6.71. The van der Waals surface area contributed by atoms with Crippen LogP contribution in [0, 0.1) is 23.7 Å². The zero-order valence-electron chi connectivity index (χ0n) is 16.5. The maximum Gasteiger partial charge on any atom is 0.411 e. The molecular weight excluding hydrogens is 410 g/mol. The highest BCUT2D eigenvalue weighted by Crippen LogP contribution is 2.47. The summed E-state index contributed by atoms with van der Waals surface area (Å²) in [6.07, 6.45) is 2.11. The van der Waals surface area contributed by atoms with Gasteiger partial charge in [-0.1, -0.05) is 41.5 Å². The Morgan fingerprint density at radius 3 is 2.73 bits per heavy atom. The molecule has 0 aromatic rings. The molecule has 3 aliphatic rings. The van der Waals surface area contributed by atoms with E-state index in [2.05, 4.69) is 29.0 Å². The van der Waals surface area contributed by atoms with Gasteiger partial charge in [0.05, 0.1) is 32.4 Å². The molecule has 1 aliphatic heterocycles. The van der Waals surface area contributed by atoms with E-state index in [-0.39, 0.29) is 47.3 Å². The highest BCUT2D eigenvalue weighted by atomic mass is 32.2. The van der Waals surface area contributed by atoms with Gasteiger partial charge in [0.15, 0.2) is 10.7 Å². The van der Waals surface area contributed by atoms with Crippen molar-refractivity contribution < 1.29 is 34.0 Å². The highest BCUT2D eigenvalue weighted by Gasteiger charge is 2.56. The quantitative estimate of drug-likeness (QED) is 0.557. The Balaban J connectivity index is 2.28. The summed E-state index contributed by atoms with van der Waals surface area (Å²) >= 11 is 1.02. The van der Waals surface area contributed by atoms with E-state index in [0.29, 0.717) is 0 Å². The molecule has 2 bridgehead atoms. The molecule has 0 unspecified atom stereocenters. The molecule has 2 atom stereocenters. The van der Waals surface area contributed by atoms with Crippen molar-refractivity contribution in [3.63, 3.8) is 0 Å². The van der Waals surface area contributed by atoms with Crippen molar-refractivity contribution in [1.82, 2.24) is 5.32 Å². The third-order valence-corrected chi connectivity index (χ3v) is 5.38. The SMILES string of the molecule is COC(=O)NC1=C2/C(=C/CSC(C)=O)[C@@](O)(C#C/C=C/C#C[C@@H]2O)CC12OCCO2. The van der Waals surface area contributed by atoms with Gasteiger partial charge in [0.1, 0.15) is 6.10 Å². The molecule has 0 aromatic carbocycles. The second-order valence-corrected chi connectivity index (χ2v) is 7.80. The number of aliphatic hydroxyl groups excluding tert-OH is 1. The number of rotatable bonds is 3. The van der Waals surface area contributed by atoms with Gasteiger partial charge < -0.3 is 24.4 Å². The fourth-order valence-electron chi connectivity index (χ4n) is 3.46. The summed E-state index contributed by atoms with van der Waals surface area (Å²) in [4.78, 5) is 23.5. The molecule has 2 aliphatic carbocycles. The number of hydrogen-bond acceptors (Lipinski definition) is 8. The Bertz CT molecular complexity index is 953. The lowest BCUT2D eigenvalue weighted by atomic mass is 9.73. The standard InChI is InChI=1S/C21H21NO7S/c1-14(23)30-12-8-15-17-16(24)7-5-3-4-6-9-20(15,26)13-21(28-10-11-29-21)18(17)22-19(25)27-2/h3-4,8,16,24,26H,10-13H2,1-2H3,(H,22,25)/b4-3+,15-8-/t16-,20+/m0/s1. The van der Waals surface area contributed by atoms with Gasteiger partial charge in [-0.25, -0.2) is 4.79 Å². The zero-order chi connectivity index (χ0) is 21.8. The molecule has 0 radical (unpaired) electrons. The highest BCUT2D eigenvalue weighted by molar-refractivity contribution is 8.13. The van der Waals surface area contributed by atoms with Crippen LogP contribution in [0.3, 0.4) is 0 Å². The number of amides is 1. The summed E-state index contributed by atoms with van der Waals surface area (Å²) < 4.78 is 16.3. The summed E-state index contributed by atoms with van der Waals surface area (Å²) in [5, 5.41) is 24.9. The number of alkyl carbamates (subject to hydrolysis) is 1. The van der Waals surface area contributed by atoms with Crippen LogP contribution in [-0.2, 0) is 19.0 Å². The van der Waals surface area contributed by atoms with Gasteiger partial charge in [-0.3, -0.25) is 10.1 Å².